The lowest BCUT2D eigenvalue weighted by molar-refractivity contribution is -0.135. The van der Waals surface area contributed by atoms with Gasteiger partial charge in [-0.05, 0) is 23.8 Å². The molecule has 1 aliphatic heterocycles. The number of carbonyl (C=O) groups is 3. The number of barbiturate groups is 1. The van der Waals surface area contributed by atoms with E-state index in [0.29, 0.717) is 0 Å². The van der Waals surface area contributed by atoms with Gasteiger partial charge in [0.25, 0.3) is 11.8 Å². The largest absolute Gasteiger partial charge is 0.497 e. The zero-order valence-electron chi connectivity index (χ0n) is 14.6. The van der Waals surface area contributed by atoms with Crippen molar-refractivity contribution >= 4 is 23.9 Å². The lowest BCUT2D eigenvalue weighted by atomic mass is 10.1. The van der Waals surface area contributed by atoms with Gasteiger partial charge in [0, 0.05) is 13.1 Å². The molecule has 2 rings (SSSR count). The molecule has 6 nitrogen and oxygen atoms in total. The Hall–Kier alpha value is -3.41. The Bertz CT molecular complexity index is 757. The van der Waals surface area contributed by atoms with E-state index in [9.17, 15) is 14.4 Å². The predicted octanol–water partition coefficient (Wildman–Crippen LogP) is 2.80. The van der Waals surface area contributed by atoms with Crippen LogP contribution in [0, 0.1) is 0 Å². The van der Waals surface area contributed by atoms with E-state index >= 15 is 0 Å². The summed E-state index contributed by atoms with van der Waals surface area (Å²) in [6.07, 6.45) is 7.62. The van der Waals surface area contributed by atoms with Crippen LogP contribution in [-0.2, 0) is 9.59 Å². The topological polar surface area (TPSA) is 66.9 Å². The Morgan fingerprint density at radius 3 is 1.96 bits per heavy atom. The van der Waals surface area contributed by atoms with Crippen LogP contribution < -0.4 is 4.74 Å². The SMILES string of the molecule is C=CCN1C(=O)C(=CC=Cc2ccc(OC)cc2)C(=O)N(CC=C)C1=O. The fourth-order valence-electron chi connectivity index (χ4n) is 2.39. The fourth-order valence-corrected chi connectivity index (χ4v) is 2.39. The third-order valence-electron chi connectivity index (χ3n) is 3.70. The van der Waals surface area contributed by atoms with Crippen LogP contribution in [0.1, 0.15) is 5.56 Å². The number of hydrogen-bond donors (Lipinski definition) is 0. The van der Waals surface area contributed by atoms with Crippen molar-refractivity contribution in [2.45, 2.75) is 0 Å². The molecular formula is C20H20N2O4. The van der Waals surface area contributed by atoms with E-state index in [2.05, 4.69) is 13.2 Å². The van der Waals surface area contributed by atoms with Crippen molar-refractivity contribution in [1.82, 2.24) is 9.80 Å². The first-order chi connectivity index (χ1) is 12.5. The number of carbonyl (C=O) groups excluding carboxylic acids is 3. The number of benzene rings is 1. The molecule has 1 aliphatic rings. The number of imide groups is 2. The van der Waals surface area contributed by atoms with E-state index in [1.165, 1.54) is 18.2 Å². The molecule has 0 aliphatic carbocycles. The molecule has 0 atom stereocenters. The van der Waals surface area contributed by atoms with Crippen molar-refractivity contribution in [1.29, 1.82) is 0 Å². The quantitative estimate of drug-likeness (QED) is 0.430. The number of rotatable bonds is 7. The number of ether oxygens (including phenoxy) is 1. The van der Waals surface area contributed by atoms with E-state index in [0.717, 1.165) is 21.1 Å². The van der Waals surface area contributed by atoms with Gasteiger partial charge in [-0.2, -0.15) is 0 Å². The zero-order chi connectivity index (χ0) is 19.1. The van der Waals surface area contributed by atoms with Crippen molar-refractivity contribution in [2.75, 3.05) is 20.2 Å². The van der Waals surface area contributed by atoms with Gasteiger partial charge in [0.2, 0.25) is 0 Å². The molecule has 0 radical (unpaired) electrons. The molecule has 6 heteroatoms. The van der Waals surface area contributed by atoms with Crippen LogP contribution >= 0.6 is 0 Å². The zero-order valence-corrected chi connectivity index (χ0v) is 14.6. The predicted molar refractivity (Wildman–Crippen MR) is 99.3 cm³/mol. The second-order valence-electron chi connectivity index (χ2n) is 5.40. The van der Waals surface area contributed by atoms with Crippen molar-refractivity contribution in [3.05, 3.63) is 72.9 Å². The Morgan fingerprint density at radius 2 is 1.50 bits per heavy atom. The number of allylic oxidation sites excluding steroid dienone is 2. The molecular weight excluding hydrogens is 332 g/mol. The summed E-state index contributed by atoms with van der Waals surface area (Å²) >= 11 is 0. The third-order valence-corrected chi connectivity index (χ3v) is 3.70. The lowest BCUT2D eigenvalue weighted by Crippen LogP contribution is -2.56. The maximum absolute atomic E-state index is 12.5. The molecule has 0 N–H and O–H groups in total. The molecule has 4 amide bonds. The first-order valence-corrected chi connectivity index (χ1v) is 7.95. The van der Waals surface area contributed by atoms with Gasteiger partial charge >= 0.3 is 6.03 Å². The van der Waals surface area contributed by atoms with Gasteiger partial charge in [0.1, 0.15) is 11.3 Å². The molecule has 1 aromatic carbocycles. The maximum Gasteiger partial charge on any atom is 0.334 e. The molecule has 1 fully saturated rings. The summed E-state index contributed by atoms with van der Waals surface area (Å²) in [6, 6.07) is 6.63. The van der Waals surface area contributed by atoms with Crippen LogP contribution in [0.25, 0.3) is 6.08 Å². The van der Waals surface area contributed by atoms with Crippen molar-refractivity contribution in [3.8, 4) is 5.75 Å². The van der Waals surface area contributed by atoms with Crippen LogP contribution in [0.3, 0.4) is 0 Å². The second-order valence-corrected chi connectivity index (χ2v) is 5.40. The van der Waals surface area contributed by atoms with Crippen LogP contribution in [0.15, 0.2) is 67.3 Å². The van der Waals surface area contributed by atoms with Gasteiger partial charge in [-0.1, -0.05) is 36.4 Å². The Kier molecular flexibility index (Phi) is 6.27. The second kappa shape index (κ2) is 8.62. The Morgan fingerprint density at radius 1 is 0.962 bits per heavy atom. The van der Waals surface area contributed by atoms with Crippen molar-refractivity contribution in [3.63, 3.8) is 0 Å². The smallest absolute Gasteiger partial charge is 0.334 e. The van der Waals surface area contributed by atoms with Gasteiger partial charge in [0.05, 0.1) is 7.11 Å². The summed E-state index contributed by atoms with van der Waals surface area (Å²) < 4.78 is 5.09. The summed E-state index contributed by atoms with van der Waals surface area (Å²) in [4.78, 5) is 39.2. The van der Waals surface area contributed by atoms with E-state index in [4.69, 9.17) is 4.74 Å². The van der Waals surface area contributed by atoms with Gasteiger partial charge in [-0.15, -0.1) is 13.2 Å². The van der Waals surface area contributed by atoms with E-state index < -0.39 is 17.8 Å². The van der Waals surface area contributed by atoms with Crippen LogP contribution in [0.4, 0.5) is 4.79 Å². The monoisotopic (exact) mass is 352 g/mol. The fraction of sp³-hybridized carbons (Fsp3) is 0.150. The van der Waals surface area contributed by atoms with Gasteiger partial charge in [-0.25, -0.2) is 4.79 Å². The summed E-state index contributed by atoms with van der Waals surface area (Å²) in [5.74, 6) is -0.545. The van der Waals surface area contributed by atoms with Gasteiger partial charge < -0.3 is 4.74 Å². The van der Waals surface area contributed by atoms with E-state index in [1.807, 2.05) is 12.1 Å². The maximum atomic E-state index is 12.5. The van der Waals surface area contributed by atoms with Gasteiger partial charge in [-0.3, -0.25) is 19.4 Å². The first kappa shape index (κ1) is 18.9. The molecule has 1 aromatic rings. The molecule has 0 saturated carbocycles. The average Bonchev–Trinajstić information content (AvgIpc) is 2.65. The highest BCUT2D eigenvalue weighted by atomic mass is 16.5. The Balaban J connectivity index is 2.29. The molecule has 0 unspecified atom stereocenters. The van der Waals surface area contributed by atoms with Crippen LogP contribution in [0.2, 0.25) is 0 Å². The van der Waals surface area contributed by atoms with Crippen LogP contribution in [0.5, 0.6) is 5.75 Å². The van der Waals surface area contributed by atoms with Gasteiger partial charge in [0.15, 0.2) is 0 Å². The number of methoxy groups -OCH3 is 1. The number of hydrogen-bond acceptors (Lipinski definition) is 4. The average molecular weight is 352 g/mol. The minimum absolute atomic E-state index is 0.0259. The standard InChI is InChI=1S/C20H20N2O4/c1-4-13-21-18(23)17(19(24)22(14-5-2)20(21)25)8-6-7-15-9-11-16(26-3)12-10-15/h4-12H,1-2,13-14H2,3H3. The first-order valence-electron chi connectivity index (χ1n) is 7.95. The molecule has 0 spiro atoms. The van der Waals surface area contributed by atoms with E-state index in [1.54, 1.807) is 31.4 Å². The molecule has 0 aromatic heterocycles. The number of nitrogens with zero attached hydrogens (tertiary/aromatic N) is 2. The van der Waals surface area contributed by atoms with Crippen LogP contribution in [-0.4, -0.2) is 47.8 Å². The molecule has 1 heterocycles. The highest BCUT2D eigenvalue weighted by molar-refractivity contribution is 6.28. The highest BCUT2D eigenvalue weighted by Gasteiger charge is 2.40. The lowest BCUT2D eigenvalue weighted by Gasteiger charge is -2.32. The molecule has 26 heavy (non-hydrogen) atoms. The number of urea groups is 1. The summed E-state index contributed by atoms with van der Waals surface area (Å²) in [6.45, 7) is 7.13. The molecule has 134 valence electrons. The minimum atomic E-state index is -0.670. The normalized spacial score (nSPS) is 14.8. The molecule has 0 bridgehead atoms. The van der Waals surface area contributed by atoms with Crippen molar-refractivity contribution in [2.24, 2.45) is 0 Å². The summed E-state index contributed by atoms with van der Waals surface area (Å²) in [7, 11) is 1.58. The summed E-state index contributed by atoms with van der Waals surface area (Å²) in [5.41, 5.74) is 0.790. The third kappa shape index (κ3) is 3.97. The Labute approximate surface area is 152 Å². The van der Waals surface area contributed by atoms with Crippen molar-refractivity contribution < 1.29 is 19.1 Å². The van der Waals surface area contributed by atoms with E-state index in [-0.39, 0.29) is 18.7 Å². The minimum Gasteiger partial charge on any atom is -0.497 e. The molecule has 1 saturated heterocycles. The summed E-state index contributed by atoms with van der Waals surface area (Å²) in [5, 5.41) is 0. The number of amides is 4. The highest BCUT2D eigenvalue weighted by Crippen LogP contribution is 2.18.